The molecule has 0 saturated carbocycles. The van der Waals surface area contributed by atoms with Crippen molar-refractivity contribution in [2.24, 2.45) is 0 Å². The van der Waals surface area contributed by atoms with Crippen LogP contribution in [0.25, 0.3) is 11.0 Å². The fraction of sp³-hybridized carbons (Fsp3) is 0.412. The Morgan fingerprint density at radius 2 is 2.10 bits per heavy atom. The molecule has 11 nitrogen and oxygen atoms in total. The number of aryl methyl sites for hydroxylation is 1. The number of nitrogens with zero attached hydrogens (tertiary/aromatic N) is 6. The molecule has 29 heavy (non-hydrogen) atoms. The number of hydrogen-bond acceptors (Lipinski definition) is 8. The van der Waals surface area contributed by atoms with E-state index in [1.807, 2.05) is 11.0 Å². The molecule has 3 aromatic heterocycles. The molecule has 0 unspecified atom stereocenters. The molecule has 4 rings (SSSR count). The SMILES string of the molecule is Cc1nsc(NC(=O)C2(N(C)C(=O)O)CCN(c3ncnc4[nH]ccc34)CC2)n1. The molecule has 0 radical (unpaired) electrons. The molecular formula is C17H20N8O3S. The van der Waals surface area contributed by atoms with Crippen molar-refractivity contribution in [3.63, 3.8) is 0 Å². The maximum absolute atomic E-state index is 13.1. The Labute approximate surface area is 170 Å². The molecular weight excluding hydrogens is 396 g/mol. The number of amides is 2. The summed E-state index contributed by atoms with van der Waals surface area (Å²) in [6.45, 7) is 2.67. The largest absolute Gasteiger partial charge is 0.465 e. The van der Waals surface area contributed by atoms with Gasteiger partial charge in [0.2, 0.25) is 5.13 Å². The van der Waals surface area contributed by atoms with Crippen molar-refractivity contribution in [1.82, 2.24) is 29.2 Å². The zero-order valence-electron chi connectivity index (χ0n) is 15.9. The Hall–Kier alpha value is -3.28. The number of aromatic nitrogens is 5. The van der Waals surface area contributed by atoms with Gasteiger partial charge in [0.1, 0.15) is 29.2 Å². The lowest BCUT2D eigenvalue weighted by Gasteiger charge is -2.44. The third-order valence-corrected chi connectivity index (χ3v) is 6.04. The number of carbonyl (C=O) groups excluding carboxylic acids is 1. The highest BCUT2D eigenvalue weighted by atomic mass is 32.1. The summed E-state index contributed by atoms with van der Waals surface area (Å²) >= 11 is 1.07. The van der Waals surface area contributed by atoms with E-state index < -0.39 is 17.5 Å². The van der Waals surface area contributed by atoms with Gasteiger partial charge in [-0.15, -0.1) is 0 Å². The van der Waals surface area contributed by atoms with Crippen LogP contribution in [0.5, 0.6) is 0 Å². The Morgan fingerprint density at radius 1 is 1.34 bits per heavy atom. The van der Waals surface area contributed by atoms with Crippen molar-refractivity contribution >= 4 is 45.5 Å². The zero-order chi connectivity index (χ0) is 20.6. The van der Waals surface area contributed by atoms with Crippen molar-refractivity contribution in [2.45, 2.75) is 25.3 Å². The van der Waals surface area contributed by atoms with Crippen molar-refractivity contribution in [3.8, 4) is 0 Å². The minimum Gasteiger partial charge on any atom is -0.465 e. The van der Waals surface area contributed by atoms with E-state index in [0.29, 0.717) is 36.9 Å². The molecule has 2 amide bonds. The summed E-state index contributed by atoms with van der Waals surface area (Å²) in [6.07, 6.45) is 2.76. The summed E-state index contributed by atoms with van der Waals surface area (Å²) in [6, 6.07) is 1.90. The van der Waals surface area contributed by atoms with E-state index in [1.165, 1.54) is 13.4 Å². The van der Waals surface area contributed by atoms with Gasteiger partial charge < -0.3 is 15.0 Å². The highest BCUT2D eigenvalue weighted by Crippen LogP contribution is 2.33. The molecule has 152 valence electrons. The van der Waals surface area contributed by atoms with Crippen LogP contribution in [0.4, 0.5) is 15.7 Å². The second-order valence-corrected chi connectivity index (χ2v) is 7.65. The van der Waals surface area contributed by atoms with Gasteiger partial charge in [-0.05, 0) is 25.8 Å². The first-order valence-corrected chi connectivity index (χ1v) is 9.79. The van der Waals surface area contributed by atoms with E-state index in [2.05, 4.69) is 29.6 Å². The number of rotatable bonds is 4. The van der Waals surface area contributed by atoms with E-state index in [4.69, 9.17) is 0 Å². The van der Waals surface area contributed by atoms with Crippen molar-refractivity contribution < 1.29 is 14.7 Å². The molecule has 0 bridgehead atoms. The van der Waals surface area contributed by atoms with Crippen LogP contribution in [-0.2, 0) is 4.79 Å². The maximum atomic E-state index is 13.1. The lowest BCUT2D eigenvalue weighted by molar-refractivity contribution is -0.127. The average Bonchev–Trinajstić information content (AvgIpc) is 3.35. The Balaban J connectivity index is 1.58. The summed E-state index contributed by atoms with van der Waals surface area (Å²) in [5, 5.41) is 13.6. The van der Waals surface area contributed by atoms with Gasteiger partial charge in [0, 0.05) is 37.9 Å². The van der Waals surface area contributed by atoms with Crippen molar-refractivity contribution in [1.29, 1.82) is 0 Å². The van der Waals surface area contributed by atoms with Gasteiger partial charge in [0.25, 0.3) is 5.91 Å². The number of carbonyl (C=O) groups is 2. The predicted octanol–water partition coefficient (Wildman–Crippen LogP) is 1.71. The highest BCUT2D eigenvalue weighted by Gasteiger charge is 2.47. The number of aromatic amines is 1. The first-order chi connectivity index (χ1) is 13.9. The van der Waals surface area contributed by atoms with Crippen LogP contribution in [-0.4, -0.2) is 72.0 Å². The van der Waals surface area contributed by atoms with Crippen LogP contribution in [0.15, 0.2) is 18.6 Å². The number of hydrogen-bond donors (Lipinski definition) is 3. The Bertz CT molecular complexity index is 1060. The molecule has 0 aromatic carbocycles. The molecule has 0 spiro atoms. The lowest BCUT2D eigenvalue weighted by Crippen LogP contribution is -2.62. The molecule has 1 aliphatic rings. The average molecular weight is 416 g/mol. The third kappa shape index (κ3) is 3.35. The standard InChI is InChI=1S/C17H20N8O3S/c1-10-21-15(29-23-10)22-14(26)17(24(2)16(27)28)4-7-25(8-5-17)13-11-3-6-18-12(11)19-9-20-13/h3,6,9H,4-5,7-8H2,1-2H3,(H,27,28)(H,18,19,20)(H,21,22,23,26). The number of anilines is 2. The van der Waals surface area contributed by atoms with E-state index in [9.17, 15) is 14.7 Å². The number of carboxylic acid groups (broad SMARTS) is 1. The Kier molecular flexibility index (Phi) is 4.78. The number of H-pyrrole nitrogens is 1. The normalized spacial score (nSPS) is 16.0. The molecule has 3 N–H and O–H groups in total. The van der Waals surface area contributed by atoms with Crippen LogP contribution in [0, 0.1) is 6.92 Å². The van der Waals surface area contributed by atoms with Crippen molar-refractivity contribution in [2.75, 3.05) is 30.4 Å². The van der Waals surface area contributed by atoms with E-state index in [0.717, 1.165) is 33.3 Å². The summed E-state index contributed by atoms with van der Waals surface area (Å²) in [5.74, 6) is 0.927. The van der Waals surface area contributed by atoms with Gasteiger partial charge >= 0.3 is 6.09 Å². The van der Waals surface area contributed by atoms with Gasteiger partial charge in [-0.1, -0.05) is 0 Å². The zero-order valence-corrected chi connectivity index (χ0v) is 16.7. The topological polar surface area (TPSA) is 140 Å². The second kappa shape index (κ2) is 7.28. The molecule has 0 aliphatic carbocycles. The summed E-state index contributed by atoms with van der Waals surface area (Å²) in [5.41, 5.74) is -0.467. The molecule has 12 heteroatoms. The second-order valence-electron chi connectivity index (χ2n) is 6.90. The molecule has 1 saturated heterocycles. The van der Waals surface area contributed by atoms with Gasteiger partial charge in [-0.3, -0.25) is 15.0 Å². The first-order valence-electron chi connectivity index (χ1n) is 9.02. The molecule has 3 aromatic rings. The van der Waals surface area contributed by atoms with E-state index in [1.54, 1.807) is 13.1 Å². The smallest absolute Gasteiger partial charge is 0.407 e. The fourth-order valence-electron chi connectivity index (χ4n) is 3.66. The van der Waals surface area contributed by atoms with Crippen LogP contribution in [0.2, 0.25) is 0 Å². The van der Waals surface area contributed by atoms with E-state index >= 15 is 0 Å². The molecule has 1 fully saturated rings. The third-order valence-electron chi connectivity index (χ3n) is 5.32. The first kappa shape index (κ1) is 19.1. The van der Waals surface area contributed by atoms with Crippen LogP contribution >= 0.6 is 11.5 Å². The fourth-order valence-corrected chi connectivity index (χ4v) is 4.23. The monoisotopic (exact) mass is 416 g/mol. The molecule has 4 heterocycles. The van der Waals surface area contributed by atoms with E-state index in [-0.39, 0.29) is 0 Å². The summed E-state index contributed by atoms with van der Waals surface area (Å²) < 4.78 is 4.05. The number of fused-ring (bicyclic) bond motifs is 1. The molecule has 0 atom stereocenters. The quantitative estimate of drug-likeness (QED) is 0.584. The Morgan fingerprint density at radius 3 is 2.76 bits per heavy atom. The van der Waals surface area contributed by atoms with Gasteiger partial charge in [-0.25, -0.2) is 19.7 Å². The lowest BCUT2D eigenvalue weighted by atomic mass is 9.85. The highest BCUT2D eigenvalue weighted by molar-refractivity contribution is 7.09. The maximum Gasteiger partial charge on any atom is 0.407 e. The summed E-state index contributed by atoms with van der Waals surface area (Å²) in [7, 11) is 1.43. The minimum atomic E-state index is -1.20. The van der Waals surface area contributed by atoms with Gasteiger partial charge in [0.05, 0.1) is 5.39 Å². The van der Waals surface area contributed by atoms with Gasteiger partial charge in [-0.2, -0.15) is 4.37 Å². The number of piperidine rings is 1. The number of nitrogens with one attached hydrogen (secondary N) is 2. The minimum absolute atomic E-state index is 0.315. The molecule has 1 aliphatic heterocycles. The summed E-state index contributed by atoms with van der Waals surface area (Å²) in [4.78, 5) is 43.8. The van der Waals surface area contributed by atoms with Crippen LogP contribution in [0.3, 0.4) is 0 Å². The van der Waals surface area contributed by atoms with Gasteiger partial charge in [0.15, 0.2) is 0 Å². The predicted molar refractivity (Wildman–Crippen MR) is 107 cm³/mol. The van der Waals surface area contributed by atoms with Crippen LogP contribution in [0.1, 0.15) is 18.7 Å². The van der Waals surface area contributed by atoms with Crippen LogP contribution < -0.4 is 10.2 Å². The number of likely N-dealkylation sites (N-methyl/N-ethyl adjacent to an activating group) is 1. The van der Waals surface area contributed by atoms with Crippen molar-refractivity contribution in [3.05, 3.63) is 24.4 Å².